The van der Waals surface area contributed by atoms with Gasteiger partial charge in [0.15, 0.2) is 0 Å². The van der Waals surface area contributed by atoms with Crippen molar-refractivity contribution in [2.45, 2.75) is 13.0 Å². The molecule has 0 radical (unpaired) electrons. The van der Waals surface area contributed by atoms with Crippen molar-refractivity contribution in [1.82, 2.24) is 9.88 Å². The third-order valence-corrected chi connectivity index (χ3v) is 2.81. The molecule has 1 saturated heterocycles. The summed E-state index contributed by atoms with van der Waals surface area (Å²) in [5.41, 5.74) is 1.13. The second-order valence-corrected chi connectivity index (χ2v) is 4.04. The van der Waals surface area contributed by atoms with Crippen molar-refractivity contribution in [1.29, 1.82) is 0 Å². The second kappa shape index (κ2) is 5.21. The van der Waals surface area contributed by atoms with Gasteiger partial charge in [0.2, 0.25) is 0 Å². The third-order valence-electron chi connectivity index (χ3n) is 2.81. The first-order valence-electron chi connectivity index (χ1n) is 5.32. The van der Waals surface area contributed by atoms with Gasteiger partial charge in [-0.05, 0) is 31.0 Å². The van der Waals surface area contributed by atoms with Crippen molar-refractivity contribution in [2.24, 2.45) is 11.8 Å². The lowest BCUT2D eigenvalue weighted by Crippen LogP contribution is -2.22. The lowest BCUT2D eigenvalue weighted by Gasteiger charge is -2.14. The van der Waals surface area contributed by atoms with Crippen LogP contribution >= 0.6 is 0 Å². The summed E-state index contributed by atoms with van der Waals surface area (Å²) < 4.78 is 0. The van der Waals surface area contributed by atoms with E-state index in [1.54, 1.807) is 0 Å². The molecule has 1 fully saturated rings. The standard InChI is InChI=1S/C11H17N3O/c12-15-9-10-4-6-14(7-10)8-11-3-1-2-5-13-11/h1-3,5,10H,4,6-9,12H2. The highest BCUT2D eigenvalue weighted by Gasteiger charge is 2.22. The quantitative estimate of drug-likeness (QED) is 0.742. The molecule has 0 aliphatic carbocycles. The Morgan fingerprint density at radius 1 is 1.53 bits per heavy atom. The first-order valence-corrected chi connectivity index (χ1v) is 5.32. The molecule has 0 spiro atoms. The Labute approximate surface area is 90.0 Å². The van der Waals surface area contributed by atoms with Crippen LogP contribution in [-0.4, -0.2) is 29.6 Å². The van der Waals surface area contributed by atoms with Crippen LogP contribution in [-0.2, 0) is 11.4 Å². The molecule has 1 atom stereocenters. The van der Waals surface area contributed by atoms with Crippen molar-refractivity contribution in [3.63, 3.8) is 0 Å². The fraction of sp³-hybridized carbons (Fsp3) is 0.545. The minimum atomic E-state index is 0.582. The Morgan fingerprint density at radius 3 is 3.20 bits per heavy atom. The van der Waals surface area contributed by atoms with Crippen LogP contribution in [0.15, 0.2) is 24.4 Å². The molecule has 82 valence electrons. The average Bonchev–Trinajstić information content (AvgIpc) is 2.68. The highest BCUT2D eigenvalue weighted by atomic mass is 16.6. The van der Waals surface area contributed by atoms with Gasteiger partial charge in [0, 0.05) is 19.3 Å². The largest absolute Gasteiger partial charge is 0.304 e. The van der Waals surface area contributed by atoms with E-state index in [-0.39, 0.29) is 0 Å². The molecule has 1 aromatic rings. The summed E-state index contributed by atoms with van der Waals surface area (Å²) >= 11 is 0. The summed E-state index contributed by atoms with van der Waals surface area (Å²) in [5.74, 6) is 5.66. The van der Waals surface area contributed by atoms with Gasteiger partial charge >= 0.3 is 0 Å². The van der Waals surface area contributed by atoms with E-state index in [1.165, 1.54) is 6.42 Å². The molecular weight excluding hydrogens is 190 g/mol. The Morgan fingerprint density at radius 2 is 2.47 bits per heavy atom. The van der Waals surface area contributed by atoms with E-state index < -0.39 is 0 Å². The minimum Gasteiger partial charge on any atom is -0.304 e. The first-order chi connectivity index (χ1) is 7.38. The van der Waals surface area contributed by atoms with E-state index in [9.17, 15) is 0 Å². The van der Waals surface area contributed by atoms with Gasteiger partial charge in [0.05, 0.1) is 12.3 Å². The zero-order valence-corrected chi connectivity index (χ0v) is 8.80. The van der Waals surface area contributed by atoms with Gasteiger partial charge in [-0.15, -0.1) is 0 Å². The maximum absolute atomic E-state index is 5.08. The number of aromatic nitrogens is 1. The van der Waals surface area contributed by atoms with Gasteiger partial charge in [0.25, 0.3) is 0 Å². The van der Waals surface area contributed by atoms with Gasteiger partial charge in [0.1, 0.15) is 0 Å². The Hall–Kier alpha value is -0.970. The molecule has 0 saturated carbocycles. The van der Waals surface area contributed by atoms with Crippen molar-refractivity contribution in [3.05, 3.63) is 30.1 Å². The van der Waals surface area contributed by atoms with Crippen LogP contribution in [0.2, 0.25) is 0 Å². The number of likely N-dealkylation sites (tertiary alicyclic amines) is 1. The average molecular weight is 207 g/mol. The molecule has 1 aromatic heterocycles. The lowest BCUT2D eigenvalue weighted by atomic mass is 10.1. The molecule has 0 aromatic carbocycles. The number of nitrogens with two attached hydrogens (primary N) is 1. The maximum atomic E-state index is 5.08. The molecule has 4 nitrogen and oxygen atoms in total. The highest BCUT2D eigenvalue weighted by molar-refractivity contribution is 5.03. The molecule has 4 heteroatoms. The zero-order chi connectivity index (χ0) is 10.5. The van der Waals surface area contributed by atoms with Crippen LogP contribution < -0.4 is 5.90 Å². The van der Waals surface area contributed by atoms with Crippen molar-refractivity contribution in [3.8, 4) is 0 Å². The van der Waals surface area contributed by atoms with Crippen LogP contribution in [0.4, 0.5) is 0 Å². The zero-order valence-electron chi connectivity index (χ0n) is 8.80. The third kappa shape index (κ3) is 2.99. The lowest BCUT2D eigenvalue weighted by molar-refractivity contribution is 0.103. The predicted molar refractivity (Wildman–Crippen MR) is 57.8 cm³/mol. The molecule has 1 aliphatic rings. The fourth-order valence-corrected chi connectivity index (χ4v) is 2.05. The number of hydrogen-bond acceptors (Lipinski definition) is 4. The van der Waals surface area contributed by atoms with Crippen LogP contribution in [0.25, 0.3) is 0 Å². The fourth-order valence-electron chi connectivity index (χ4n) is 2.05. The van der Waals surface area contributed by atoms with Crippen LogP contribution in [0.1, 0.15) is 12.1 Å². The van der Waals surface area contributed by atoms with Crippen molar-refractivity contribution in [2.75, 3.05) is 19.7 Å². The van der Waals surface area contributed by atoms with E-state index >= 15 is 0 Å². The molecule has 2 heterocycles. The Kier molecular flexibility index (Phi) is 3.66. The summed E-state index contributed by atoms with van der Waals surface area (Å²) in [6, 6.07) is 6.03. The van der Waals surface area contributed by atoms with E-state index in [0.29, 0.717) is 12.5 Å². The van der Waals surface area contributed by atoms with Gasteiger partial charge in [-0.25, -0.2) is 5.90 Å². The first kappa shape index (κ1) is 10.5. The minimum absolute atomic E-state index is 0.582. The number of nitrogens with zero attached hydrogens (tertiary/aromatic N) is 2. The normalized spacial score (nSPS) is 22.1. The predicted octanol–water partition coefficient (Wildman–Crippen LogP) is 0.794. The molecule has 1 unspecified atom stereocenters. The van der Waals surface area contributed by atoms with Gasteiger partial charge in [-0.3, -0.25) is 9.88 Å². The van der Waals surface area contributed by atoms with E-state index in [2.05, 4.69) is 20.8 Å². The van der Waals surface area contributed by atoms with E-state index in [4.69, 9.17) is 5.90 Å². The van der Waals surface area contributed by atoms with E-state index in [0.717, 1.165) is 25.3 Å². The number of pyridine rings is 1. The van der Waals surface area contributed by atoms with E-state index in [1.807, 2.05) is 18.3 Å². The molecule has 0 bridgehead atoms. The maximum Gasteiger partial charge on any atom is 0.0720 e. The SMILES string of the molecule is NOCC1CCN(Cc2ccccn2)C1. The van der Waals surface area contributed by atoms with Gasteiger partial charge in [-0.1, -0.05) is 6.07 Å². The van der Waals surface area contributed by atoms with Gasteiger partial charge in [-0.2, -0.15) is 0 Å². The van der Waals surface area contributed by atoms with Crippen LogP contribution in [0.5, 0.6) is 0 Å². The molecule has 0 amide bonds. The van der Waals surface area contributed by atoms with Crippen LogP contribution in [0, 0.1) is 5.92 Å². The Bertz CT molecular complexity index is 291. The summed E-state index contributed by atoms with van der Waals surface area (Å²) in [6.07, 6.45) is 3.01. The monoisotopic (exact) mass is 207 g/mol. The highest BCUT2D eigenvalue weighted by Crippen LogP contribution is 2.17. The molecule has 1 aliphatic heterocycles. The number of rotatable bonds is 4. The van der Waals surface area contributed by atoms with Gasteiger partial charge < -0.3 is 4.84 Å². The Balaban J connectivity index is 1.82. The molecular formula is C11H17N3O. The molecule has 2 N–H and O–H groups in total. The van der Waals surface area contributed by atoms with Crippen LogP contribution in [0.3, 0.4) is 0 Å². The second-order valence-electron chi connectivity index (χ2n) is 4.04. The topological polar surface area (TPSA) is 51.4 Å². The smallest absolute Gasteiger partial charge is 0.0720 e. The van der Waals surface area contributed by atoms with Crippen molar-refractivity contribution >= 4 is 0 Å². The summed E-state index contributed by atoms with van der Waals surface area (Å²) in [4.78, 5) is 11.4. The summed E-state index contributed by atoms with van der Waals surface area (Å²) in [6.45, 7) is 3.78. The summed E-state index contributed by atoms with van der Waals surface area (Å²) in [7, 11) is 0. The summed E-state index contributed by atoms with van der Waals surface area (Å²) in [5, 5.41) is 0. The molecule has 2 rings (SSSR count). The number of hydrogen-bond donors (Lipinski definition) is 1. The molecule has 15 heavy (non-hydrogen) atoms. The van der Waals surface area contributed by atoms with Crippen molar-refractivity contribution < 1.29 is 4.84 Å².